The Labute approximate surface area is 184 Å². The van der Waals surface area contributed by atoms with Crippen LogP contribution in [0.4, 0.5) is 10.1 Å². The van der Waals surface area contributed by atoms with E-state index >= 15 is 0 Å². The molecule has 0 aliphatic carbocycles. The zero-order valence-electron chi connectivity index (χ0n) is 19.5. The molecule has 0 spiro atoms. The van der Waals surface area contributed by atoms with Crippen molar-refractivity contribution in [3.63, 3.8) is 0 Å². The van der Waals surface area contributed by atoms with Gasteiger partial charge in [-0.1, -0.05) is 26.0 Å². The van der Waals surface area contributed by atoms with Crippen LogP contribution in [0.3, 0.4) is 0 Å². The lowest BCUT2D eigenvalue weighted by Gasteiger charge is -2.40. The van der Waals surface area contributed by atoms with Crippen molar-refractivity contribution in [2.45, 2.75) is 66.4 Å². The van der Waals surface area contributed by atoms with Gasteiger partial charge in [-0.05, 0) is 63.6 Å². The third-order valence-electron chi connectivity index (χ3n) is 5.26. The van der Waals surface area contributed by atoms with Crippen LogP contribution in [0.15, 0.2) is 30.5 Å². The predicted octanol–water partition coefficient (Wildman–Crippen LogP) is 5.23. The normalized spacial score (nSPS) is 15.8. The summed E-state index contributed by atoms with van der Waals surface area (Å²) in [7, 11) is 0. The highest BCUT2D eigenvalue weighted by Gasteiger charge is 2.29. The standard InChI is InChI=1S/C21H25FN2O2.C4H10O/c1-14-17(12-19(25)26)20(24-9-7-21(2,3)8-10-24)18(13-23-14)15-5-4-6-16(22)11-15;1-4(2,3)5/h4-6,11,13H,7-10,12H2,1-3H3,(H,25,26);5H,1-3H3. The van der Waals surface area contributed by atoms with E-state index in [1.54, 1.807) is 33.0 Å². The molecule has 1 aliphatic rings. The number of aromatic nitrogens is 1. The van der Waals surface area contributed by atoms with Crippen LogP contribution >= 0.6 is 0 Å². The van der Waals surface area contributed by atoms with E-state index in [2.05, 4.69) is 23.7 Å². The fourth-order valence-corrected chi connectivity index (χ4v) is 3.56. The summed E-state index contributed by atoms with van der Waals surface area (Å²) < 4.78 is 13.8. The van der Waals surface area contributed by atoms with Gasteiger partial charge in [0.1, 0.15) is 5.82 Å². The number of rotatable bonds is 4. The topological polar surface area (TPSA) is 73.7 Å². The summed E-state index contributed by atoms with van der Waals surface area (Å²) in [5.74, 6) is -1.20. The molecule has 6 heteroatoms. The van der Waals surface area contributed by atoms with E-state index < -0.39 is 11.6 Å². The number of halogens is 1. The molecule has 5 nitrogen and oxygen atoms in total. The average Bonchev–Trinajstić information content (AvgIpc) is 2.62. The highest BCUT2D eigenvalue weighted by Crippen LogP contribution is 2.39. The summed E-state index contributed by atoms with van der Waals surface area (Å²) >= 11 is 0. The molecular formula is C25H35FN2O3. The van der Waals surface area contributed by atoms with Gasteiger partial charge in [0.2, 0.25) is 0 Å². The van der Waals surface area contributed by atoms with Gasteiger partial charge in [-0.15, -0.1) is 0 Å². The Hall–Kier alpha value is -2.47. The molecule has 1 saturated heterocycles. The van der Waals surface area contributed by atoms with Crippen LogP contribution in [0.2, 0.25) is 0 Å². The molecule has 0 amide bonds. The van der Waals surface area contributed by atoms with Crippen molar-refractivity contribution >= 4 is 11.7 Å². The predicted molar refractivity (Wildman–Crippen MR) is 123 cm³/mol. The van der Waals surface area contributed by atoms with Crippen molar-refractivity contribution in [1.82, 2.24) is 4.98 Å². The smallest absolute Gasteiger partial charge is 0.307 e. The van der Waals surface area contributed by atoms with Crippen LogP contribution < -0.4 is 4.90 Å². The molecule has 1 fully saturated rings. The van der Waals surface area contributed by atoms with Crippen molar-refractivity contribution in [3.8, 4) is 11.1 Å². The second kappa shape index (κ2) is 9.77. The molecule has 0 atom stereocenters. The van der Waals surface area contributed by atoms with Gasteiger partial charge >= 0.3 is 5.97 Å². The number of pyridine rings is 1. The minimum atomic E-state index is -0.884. The minimum absolute atomic E-state index is 0.0861. The van der Waals surface area contributed by atoms with E-state index in [4.69, 9.17) is 5.11 Å². The average molecular weight is 431 g/mol. The summed E-state index contributed by atoms with van der Waals surface area (Å²) in [5, 5.41) is 17.9. The monoisotopic (exact) mass is 430 g/mol. The van der Waals surface area contributed by atoms with Crippen LogP contribution in [-0.2, 0) is 11.2 Å². The Bertz CT molecular complexity index is 903. The number of nitrogens with zero attached hydrogens (tertiary/aromatic N) is 2. The van der Waals surface area contributed by atoms with Crippen molar-refractivity contribution in [2.24, 2.45) is 5.41 Å². The van der Waals surface area contributed by atoms with Crippen molar-refractivity contribution in [3.05, 3.63) is 47.5 Å². The summed E-state index contributed by atoms with van der Waals surface area (Å²) in [6.07, 6.45) is 3.72. The van der Waals surface area contributed by atoms with Gasteiger partial charge in [0, 0.05) is 36.1 Å². The maximum absolute atomic E-state index is 13.8. The van der Waals surface area contributed by atoms with Gasteiger partial charge < -0.3 is 15.1 Å². The molecular weight excluding hydrogens is 395 g/mol. The Kier molecular flexibility index (Phi) is 7.82. The lowest BCUT2D eigenvalue weighted by Crippen LogP contribution is -2.38. The molecule has 0 unspecified atom stereocenters. The first-order valence-electron chi connectivity index (χ1n) is 10.7. The lowest BCUT2D eigenvalue weighted by atomic mass is 9.82. The van der Waals surface area contributed by atoms with Gasteiger partial charge in [-0.2, -0.15) is 0 Å². The Morgan fingerprint density at radius 2 is 1.81 bits per heavy atom. The van der Waals surface area contributed by atoms with E-state index in [1.807, 2.05) is 13.0 Å². The number of aliphatic carboxylic acids is 1. The van der Waals surface area contributed by atoms with Crippen molar-refractivity contribution < 1.29 is 19.4 Å². The fourth-order valence-electron chi connectivity index (χ4n) is 3.56. The second-order valence-corrected chi connectivity index (χ2v) is 9.99. The third-order valence-corrected chi connectivity index (χ3v) is 5.26. The molecule has 2 N–H and O–H groups in total. The van der Waals surface area contributed by atoms with Crippen LogP contribution in [0.1, 0.15) is 58.7 Å². The number of hydrogen-bond donors (Lipinski definition) is 2. The number of anilines is 1. The molecule has 2 heterocycles. The number of carbonyl (C=O) groups is 1. The molecule has 31 heavy (non-hydrogen) atoms. The van der Waals surface area contributed by atoms with Crippen LogP contribution in [0.5, 0.6) is 0 Å². The molecule has 1 aromatic heterocycles. The number of benzene rings is 1. The molecule has 1 aromatic carbocycles. The number of carboxylic acid groups (broad SMARTS) is 1. The van der Waals surface area contributed by atoms with Crippen LogP contribution in [-0.4, -0.2) is 39.9 Å². The third kappa shape index (κ3) is 7.62. The van der Waals surface area contributed by atoms with Crippen molar-refractivity contribution in [1.29, 1.82) is 0 Å². The Morgan fingerprint density at radius 1 is 1.23 bits per heavy atom. The SMILES string of the molecule is CC(C)(C)O.Cc1ncc(-c2cccc(F)c2)c(N2CCC(C)(C)CC2)c1CC(=O)O. The van der Waals surface area contributed by atoms with E-state index in [-0.39, 0.29) is 17.7 Å². The van der Waals surface area contributed by atoms with E-state index in [0.717, 1.165) is 48.3 Å². The Morgan fingerprint density at radius 3 is 2.32 bits per heavy atom. The number of aryl methyl sites for hydroxylation is 1. The van der Waals surface area contributed by atoms with Gasteiger partial charge in [-0.25, -0.2) is 4.39 Å². The number of carboxylic acids is 1. The summed E-state index contributed by atoms with van der Waals surface area (Å²) in [6, 6.07) is 6.41. The van der Waals surface area contributed by atoms with Crippen LogP contribution in [0, 0.1) is 18.2 Å². The maximum atomic E-state index is 13.8. The van der Waals surface area contributed by atoms with Gasteiger partial charge in [0.25, 0.3) is 0 Å². The first-order chi connectivity index (χ1) is 14.3. The first-order valence-corrected chi connectivity index (χ1v) is 10.7. The van der Waals surface area contributed by atoms with E-state index in [1.165, 1.54) is 12.1 Å². The molecule has 1 aliphatic heterocycles. The zero-order valence-corrected chi connectivity index (χ0v) is 19.5. The molecule has 170 valence electrons. The highest BCUT2D eigenvalue weighted by atomic mass is 19.1. The highest BCUT2D eigenvalue weighted by molar-refractivity contribution is 5.84. The second-order valence-electron chi connectivity index (χ2n) is 9.99. The van der Waals surface area contributed by atoms with Gasteiger partial charge in [0.15, 0.2) is 0 Å². The van der Waals surface area contributed by atoms with E-state index in [9.17, 15) is 14.3 Å². The van der Waals surface area contributed by atoms with Gasteiger partial charge in [-0.3, -0.25) is 9.78 Å². The zero-order chi connectivity index (χ0) is 23.4. The Balaban J connectivity index is 0.000000614. The lowest BCUT2D eigenvalue weighted by molar-refractivity contribution is -0.136. The number of hydrogen-bond acceptors (Lipinski definition) is 4. The summed E-state index contributed by atoms with van der Waals surface area (Å²) in [5.41, 5.74) is 3.63. The number of aliphatic hydroxyl groups is 1. The van der Waals surface area contributed by atoms with Gasteiger partial charge in [0.05, 0.1) is 17.7 Å². The molecule has 0 bridgehead atoms. The largest absolute Gasteiger partial charge is 0.481 e. The van der Waals surface area contributed by atoms with E-state index in [0.29, 0.717) is 5.69 Å². The summed E-state index contributed by atoms with van der Waals surface area (Å²) in [6.45, 7) is 13.3. The number of piperidine rings is 1. The molecule has 2 aromatic rings. The first kappa shape index (κ1) is 24.8. The maximum Gasteiger partial charge on any atom is 0.307 e. The quantitative estimate of drug-likeness (QED) is 0.695. The van der Waals surface area contributed by atoms with Crippen LogP contribution in [0.25, 0.3) is 11.1 Å². The molecule has 3 rings (SSSR count). The summed E-state index contributed by atoms with van der Waals surface area (Å²) in [4.78, 5) is 18.1. The fraction of sp³-hybridized carbons (Fsp3) is 0.520. The molecule has 0 saturated carbocycles. The van der Waals surface area contributed by atoms with Crippen molar-refractivity contribution in [2.75, 3.05) is 18.0 Å². The molecule has 0 radical (unpaired) electrons. The minimum Gasteiger partial charge on any atom is -0.481 e.